The molecule has 3 aromatic rings. The maximum Gasteiger partial charge on any atom is 0.254 e. The van der Waals surface area contributed by atoms with Gasteiger partial charge in [0.05, 0.1) is 27.7 Å². The summed E-state index contributed by atoms with van der Waals surface area (Å²) in [6.45, 7) is 3.28. The van der Waals surface area contributed by atoms with Crippen LogP contribution in [0.15, 0.2) is 35.1 Å². The fourth-order valence-electron chi connectivity index (χ4n) is 2.76. The van der Waals surface area contributed by atoms with Crippen molar-refractivity contribution >= 4 is 32.9 Å². The van der Waals surface area contributed by atoms with Crippen LogP contribution in [0.1, 0.15) is 22.2 Å². The molecule has 4 rings (SSSR count). The standard InChI is InChI=1S/C15H14BrN5O/c1-9-18-13-3-2-10(4-14(13)19-9)15(22)20-7-12(8-20)21-6-11(16)5-17-21/h2-6,12H,7-8H2,1H3,(H,18,19). The molecule has 1 aliphatic heterocycles. The van der Waals surface area contributed by atoms with E-state index in [2.05, 4.69) is 31.0 Å². The number of amides is 1. The summed E-state index contributed by atoms with van der Waals surface area (Å²) in [6.07, 6.45) is 3.70. The highest BCUT2D eigenvalue weighted by atomic mass is 79.9. The Labute approximate surface area is 135 Å². The Bertz CT molecular complexity index is 862. The number of H-pyrrole nitrogens is 1. The Kier molecular flexibility index (Phi) is 3.04. The third-order valence-corrected chi connectivity index (χ3v) is 4.35. The molecule has 0 atom stereocenters. The summed E-state index contributed by atoms with van der Waals surface area (Å²) in [7, 11) is 0. The van der Waals surface area contributed by atoms with Gasteiger partial charge in [-0.05, 0) is 41.1 Å². The summed E-state index contributed by atoms with van der Waals surface area (Å²) in [6, 6.07) is 5.85. The minimum absolute atomic E-state index is 0.0524. The summed E-state index contributed by atoms with van der Waals surface area (Å²) in [5, 5.41) is 4.27. The molecule has 2 aromatic heterocycles. The molecule has 1 amide bonds. The van der Waals surface area contributed by atoms with Crippen LogP contribution in [0.3, 0.4) is 0 Å². The van der Waals surface area contributed by atoms with E-state index in [-0.39, 0.29) is 11.9 Å². The molecular weight excluding hydrogens is 346 g/mol. The summed E-state index contributed by atoms with van der Waals surface area (Å²) < 4.78 is 2.85. The Hall–Kier alpha value is -2.15. The second-order valence-corrected chi connectivity index (χ2v) is 6.47. The van der Waals surface area contributed by atoms with Crippen molar-refractivity contribution in [3.8, 4) is 0 Å². The molecule has 1 fully saturated rings. The van der Waals surface area contributed by atoms with Crippen LogP contribution in [0, 0.1) is 6.92 Å². The van der Waals surface area contributed by atoms with Crippen molar-refractivity contribution in [3.63, 3.8) is 0 Å². The number of aromatic amines is 1. The number of benzene rings is 1. The van der Waals surface area contributed by atoms with E-state index in [0.717, 1.165) is 21.3 Å². The molecule has 0 spiro atoms. The Morgan fingerprint density at radius 1 is 1.41 bits per heavy atom. The average molecular weight is 360 g/mol. The van der Waals surface area contributed by atoms with Gasteiger partial charge in [0.25, 0.3) is 5.91 Å². The first-order chi connectivity index (χ1) is 10.6. The first kappa shape index (κ1) is 13.5. The third kappa shape index (κ3) is 2.21. The number of aryl methyl sites for hydroxylation is 1. The van der Waals surface area contributed by atoms with E-state index < -0.39 is 0 Å². The average Bonchev–Trinajstić information content (AvgIpc) is 3.01. The molecule has 1 aromatic carbocycles. The van der Waals surface area contributed by atoms with Gasteiger partial charge in [-0.25, -0.2) is 4.98 Å². The predicted octanol–water partition coefficient (Wildman–Crippen LogP) is 2.53. The Morgan fingerprint density at radius 3 is 2.95 bits per heavy atom. The van der Waals surface area contributed by atoms with Gasteiger partial charge in [0.1, 0.15) is 5.82 Å². The smallest absolute Gasteiger partial charge is 0.254 e. The van der Waals surface area contributed by atoms with E-state index in [1.165, 1.54) is 0 Å². The lowest BCUT2D eigenvalue weighted by Gasteiger charge is -2.39. The van der Waals surface area contributed by atoms with E-state index in [1.54, 1.807) is 6.20 Å². The van der Waals surface area contributed by atoms with Crippen molar-refractivity contribution in [1.82, 2.24) is 24.6 Å². The van der Waals surface area contributed by atoms with Crippen molar-refractivity contribution in [2.75, 3.05) is 13.1 Å². The van der Waals surface area contributed by atoms with Gasteiger partial charge in [-0.3, -0.25) is 9.48 Å². The molecule has 0 radical (unpaired) electrons. The van der Waals surface area contributed by atoms with Crippen LogP contribution in [0.25, 0.3) is 11.0 Å². The number of likely N-dealkylation sites (tertiary alicyclic amines) is 1. The van der Waals surface area contributed by atoms with Crippen molar-refractivity contribution in [2.45, 2.75) is 13.0 Å². The van der Waals surface area contributed by atoms with Crippen LogP contribution in [0.5, 0.6) is 0 Å². The topological polar surface area (TPSA) is 66.8 Å². The minimum Gasteiger partial charge on any atom is -0.342 e. The number of hydrogen-bond acceptors (Lipinski definition) is 3. The van der Waals surface area contributed by atoms with Gasteiger partial charge in [-0.15, -0.1) is 0 Å². The van der Waals surface area contributed by atoms with Crippen LogP contribution >= 0.6 is 15.9 Å². The predicted molar refractivity (Wildman–Crippen MR) is 85.7 cm³/mol. The largest absolute Gasteiger partial charge is 0.342 e. The van der Waals surface area contributed by atoms with Gasteiger partial charge in [0.2, 0.25) is 0 Å². The summed E-state index contributed by atoms with van der Waals surface area (Å²) >= 11 is 3.39. The molecule has 0 saturated carbocycles. The number of aromatic nitrogens is 4. The molecule has 0 aliphatic carbocycles. The van der Waals surface area contributed by atoms with Gasteiger partial charge in [0.15, 0.2) is 0 Å². The van der Waals surface area contributed by atoms with E-state index in [9.17, 15) is 4.79 Å². The zero-order valence-electron chi connectivity index (χ0n) is 12.0. The lowest BCUT2D eigenvalue weighted by atomic mass is 10.1. The van der Waals surface area contributed by atoms with Gasteiger partial charge in [0, 0.05) is 24.8 Å². The van der Waals surface area contributed by atoms with Crippen LogP contribution in [-0.2, 0) is 0 Å². The molecule has 0 bridgehead atoms. The normalized spacial score (nSPS) is 15.3. The van der Waals surface area contributed by atoms with Crippen LogP contribution in [-0.4, -0.2) is 43.6 Å². The maximum absolute atomic E-state index is 12.5. The summed E-state index contributed by atoms with van der Waals surface area (Å²) in [4.78, 5) is 21.9. The quantitative estimate of drug-likeness (QED) is 0.764. The van der Waals surface area contributed by atoms with Crippen LogP contribution in [0.2, 0.25) is 0 Å². The Morgan fingerprint density at radius 2 is 2.23 bits per heavy atom. The fraction of sp³-hybridized carbons (Fsp3) is 0.267. The first-order valence-electron chi connectivity index (χ1n) is 7.05. The van der Waals surface area contributed by atoms with Gasteiger partial charge in [-0.1, -0.05) is 0 Å². The molecular formula is C15H14BrN5O. The molecule has 1 aliphatic rings. The summed E-state index contributed by atoms with van der Waals surface area (Å²) in [5.74, 6) is 0.907. The number of nitrogens with one attached hydrogen (secondary N) is 1. The SMILES string of the molecule is Cc1nc2ccc(C(=O)N3CC(n4cc(Br)cn4)C3)cc2[nH]1. The molecule has 0 unspecified atom stereocenters. The Balaban J connectivity index is 1.50. The van der Waals surface area contributed by atoms with Crippen molar-refractivity contribution in [2.24, 2.45) is 0 Å². The van der Waals surface area contributed by atoms with Crippen molar-refractivity contribution < 1.29 is 4.79 Å². The second kappa shape index (κ2) is 4.95. The van der Waals surface area contributed by atoms with Crippen molar-refractivity contribution in [1.29, 1.82) is 0 Å². The number of fused-ring (bicyclic) bond motifs is 1. The number of carbonyl (C=O) groups excluding carboxylic acids is 1. The molecule has 6 nitrogen and oxygen atoms in total. The second-order valence-electron chi connectivity index (χ2n) is 5.56. The number of nitrogens with zero attached hydrogens (tertiary/aromatic N) is 4. The monoisotopic (exact) mass is 359 g/mol. The van der Waals surface area contributed by atoms with Gasteiger partial charge < -0.3 is 9.88 Å². The highest BCUT2D eigenvalue weighted by Gasteiger charge is 2.33. The van der Waals surface area contributed by atoms with E-state index in [0.29, 0.717) is 18.7 Å². The van der Waals surface area contributed by atoms with E-state index in [4.69, 9.17) is 0 Å². The maximum atomic E-state index is 12.5. The van der Waals surface area contributed by atoms with Gasteiger partial charge >= 0.3 is 0 Å². The highest BCUT2D eigenvalue weighted by molar-refractivity contribution is 9.10. The molecule has 1 saturated heterocycles. The number of carbonyl (C=O) groups is 1. The van der Waals surface area contributed by atoms with E-state index >= 15 is 0 Å². The highest BCUT2D eigenvalue weighted by Crippen LogP contribution is 2.25. The van der Waals surface area contributed by atoms with E-state index in [1.807, 2.05) is 40.9 Å². The number of hydrogen-bond donors (Lipinski definition) is 1. The number of halogens is 1. The lowest BCUT2D eigenvalue weighted by Crippen LogP contribution is -2.50. The van der Waals surface area contributed by atoms with Gasteiger partial charge in [-0.2, -0.15) is 5.10 Å². The molecule has 112 valence electrons. The van der Waals surface area contributed by atoms with Crippen molar-refractivity contribution in [3.05, 3.63) is 46.5 Å². The molecule has 3 heterocycles. The first-order valence-corrected chi connectivity index (χ1v) is 7.85. The molecule has 1 N–H and O–H groups in total. The number of rotatable bonds is 2. The number of imidazole rings is 1. The zero-order chi connectivity index (χ0) is 15.3. The fourth-order valence-corrected chi connectivity index (χ4v) is 3.06. The third-order valence-electron chi connectivity index (χ3n) is 3.94. The molecule has 7 heteroatoms. The summed E-state index contributed by atoms with van der Waals surface area (Å²) in [5.41, 5.74) is 2.48. The lowest BCUT2D eigenvalue weighted by molar-refractivity contribution is 0.0501. The molecule has 22 heavy (non-hydrogen) atoms. The van der Waals surface area contributed by atoms with Crippen LogP contribution in [0.4, 0.5) is 0 Å². The van der Waals surface area contributed by atoms with Crippen LogP contribution < -0.4 is 0 Å². The minimum atomic E-state index is 0.0524. The zero-order valence-corrected chi connectivity index (χ0v) is 13.5.